The molecule has 2 heterocycles. The molecule has 6 N–H and O–H groups in total. The fourth-order valence-electron chi connectivity index (χ4n) is 7.36. The molecule has 1 fully saturated rings. The molecule has 5 aromatic carbocycles. The van der Waals surface area contributed by atoms with Gasteiger partial charge in [0, 0.05) is 61.8 Å². The lowest BCUT2D eigenvalue weighted by atomic mass is 9.86. The topological polar surface area (TPSA) is 173 Å². The minimum atomic E-state index is -2.05. The summed E-state index contributed by atoms with van der Waals surface area (Å²) >= 11 is 0. The molecule has 6 aromatic rings. The molecule has 304 valence electrons. The van der Waals surface area contributed by atoms with Crippen LogP contribution in [0.25, 0.3) is 10.9 Å². The number of H-pyrrole nitrogens is 1. The maximum Gasteiger partial charge on any atom is 0.348 e. The average Bonchev–Trinajstić information content (AvgIpc) is 3.70. The molecule has 7 rings (SSSR count). The number of carbonyl (C=O) groups is 2. The van der Waals surface area contributed by atoms with Crippen LogP contribution in [0.15, 0.2) is 138 Å². The van der Waals surface area contributed by atoms with Gasteiger partial charge in [-0.25, -0.2) is 4.79 Å². The Morgan fingerprint density at radius 3 is 2.39 bits per heavy atom. The molecule has 1 saturated heterocycles. The van der Waals surface area contributed by atoms with E-state index in [-0.39, 0.29) is 42.0 Å². The molecule has 0 radical (unpaired) electrons. The first-order valence-electron chi connectivity index (χ1n) is 19.8. The molecule has 1 aromatic heterocycles. The summed E-state index contributed by atoms with van der Waals surface area (Å²) in [7, 11) is 0. The third-order valence-corrected chi connectivity index (χ3v) is 10.5. The Morgan fingerprint density at radius 2 is 1.61 bits per heavy atom. The summed E-state index contributed by atoms with van der Waals surface area (Å²) in [5.41, 5.74) is 1.79. The standard InChI is InChI=1S/C47H48N4O8/c52-41-21-19-39(40-20-22-43(54)50-44(40)41)42(53)29-48-28-32-15-17-34(18-16-32)45(55)49-24-8-26-58-37-14-7-13-36(27-37)47(57,35-11-5-2-6-12-35)46(56)59-38-23-25-51(31-38)30-33-9-3-1-4-10-33/h1-7,9-22,27,38,42,48,52-53,57H,8,23-26,28-31H2,(H,49,55)(H,50,54)/t38-,42+,47?/m1/s1. The van der Waals surface area contributed by atoms with E-state index in [1.807, 2.05) is 36.4 Å². The van der Waals surface area contributed by atoms with Gasteiger partial charge >= 0.3 is 5.97 Å². The number of aromatic nitrogens is 1. The number of hydrogen-bond acceptors (Lipinski definition) is 10. The van der Waals surface area contributed by atoms with Gasteiger partial charge < -0.3 is 40.4 Å². The Hall–Kier alpha value is -6.31. The second-order valence-corrected chi connectivity index (χ2v) is 14.7. The number of aliphatic hydroxyl groups excluding tert-OH is 1. The second-order valence-electron chi connectivity index (χ2n) is 14.7. The number of phenolic OH excluding ortho intramolecular Hbond substituents is 1. The van der Waals surface area contributed by atoms with Crippen LogP contribution in [0.2, 0.25) is 0 Å². The van der Waals surface area contributed by atoms with Crippen LogP contribution in [0, 0.1) is 0 Å². The van der Waals surface area contributed by atoms with Crippen LogP contribution in [0.3, 0.4) is 0 Å². The Kier molecular flexibility index (Phi) is 13.1. The molecule has 3 atom stereocenters. The number of nitrogens with zero attached hydrogens (tertiary/aromatic N) is 1. The largest absolute Gasteiger partial charge is 0.506 e. The van der Waals surface area contributed by atoms with Gasteiger partial charge in [0.1, 0.15) is 17.6 Å². The Labute approximate surface area is 342 Å². The van der Waals surface area contributed by atoms with Crippen LogP contribution in [0.4, 0.5) is 0 Å². The Bertz CT molecular complexity index is 2410. The smallest absolute Gasteiger partial charge is 0.348 e. The zero-order valence-electron chi connectivity index (χ0n) is 32.6. The van der Waals surface area contributed by atoms with Crippen molar-refractivity contribution in [2.45, 2.75) is 43.7 Å². The summed E-state index contributed by atoms with van der Waals surface area (Å²) < 4.78 is 12.0. The van der Waals surface area contributed by atoms with Gasteiger partial charge in [-0.1, -0.05) is 91.0 Å². The van der Waals surface area contributed by atoms with E-state index < -0.39 is 17.7 Å². The number of benzene rings is 5. The third kappa shape index (κ3) is 10.1. The number of amides is 1. The Morgan fingerprint density at radius 1 is 0.864 bits per heavy atom. The second kappa shape index (κ2) is 19.0. The third-order valence-electron chi connectivity index (χ3n) is 10.5. The molecule has 12 heteroatoms. The molecule has 1 amide bonds. The number of aromatic hydroxyl groups is 1. The first-order chi connectivity index (χ1) is 28.7. The number of hydrogen-bond donors (Lipinski definition) is 6. The average molecular weight is 797 g/mol. The molecule has 59 heavy (non-hydrogen) atoms. The number of nitrogens with one attached hydrogen (secondary N) is 3. The molecule has 0 spiro atoms. The number of esters is 1. The molecule has 12 nitrogen and oxygen atoms in total. The van der Waals surface area contributed by atoms with Crippen LogP contribution < -0.4 is 20.9 Å². The van der Waals surface area contributed by atoms with E-state index in [9.17, 15) is 29.7 Å². The van der Waals surface area contributed by atoms with E-state index in [1.54, 1.807) is 72.8 Å². The van der Waals surface area contributed by atoms with Crippen molar-refractivity contribution in [3.8, 4) is 11.5 Å². The van der Waals surface area contributed by atoms with Crippen molar-refractivity contribution in [3.63, 3.8) is 0 Å². The monoisotopic (exact) mass is 796 g/mol. The fraction of sp³-hybridized carbons (Fsp3) is 0.255. The van der Waals surface area contributed by atoms with Crippen molar-refractivity contribution in [2.24, 2.45) is 0 Å². The van der Waals surface area contributed by atoms with Crippen molar-refractivity contribution >= 4 is 22.8 Å². The van der Waals surface area contributed by atoms with Gasteiger partial charge in [-0.3, -0.25) is 14.5 Å². The highest BCUT2D eigenvalue weighted by molar-refractivity contribution is 5.94. The van der Waals surface area contributed by atoms with E-state index >= 15 is 0 Å². The number of carbonyl (C=O) groups excluding carboxylic acids is 2. The zero-order valence-corrected chi connectivity index (χ0v) is 32.6. The van der Waals surface area contributed by atoms with Crippen molar-refractivity contribution < 1.29 is 34.4 Å². The molecule has 0 saturated carbocycles. The summed E-state index contributed by atoms with van der Waals surface area (Å²) in [6, 6.07) is 38.9. The van der Waals surface area contributed by atoms with Gasteiger partial charge in [0.25, 0.3) is 5.91 Å². The zero-order chi connectivity index (χ0) is 41.2. The SMILES string of the molecule is O=C(NCCCOc1cccc(C(O)(C(=O)O[C@@H]2CCN(Cc3ccccc3)C2)c2ccccc2)c1)c1ccc(CNC[C@H](O)c2ccc(O)c3[nH]c(=O)ccc23)cc1. The summed E-state index contributed by atoms with van der Waals surface area (Å²) in [6.45, 7) is 3.44. The number of pyridine rings is 1. The fourth-order valence-corrected chi connectivity index (χ4v) is 7.36. The van der Waals surface area contributed by atoms with Crippen molar-refractivity contribution in [2.75, 3.05) is 32.8 Å². The van der Waals surface area contributed by atoms with E-state index in [1.165, 1.54) is 17.7 Å². The predicted molar refractivity (Wildman–Crippen MR) is 224 cm³/mol. The van der Waals surface area contributed by atoms with Crippen LogP contribution in [0.1, 0.15) is 57.1 Å². The lowest BCUT2D eigenvalue weighted by molar-refractivity contribution is -0.167. The van der Waals surface area contributed by atoms with Gasteiger partial charge in [0.15, 0.2) is 0 Å². The van der Waals surface area contributed by atoms with Crippen LogP contribution in [-0.4, -0.2) is 76.0 Å². The summed E-state index contributed by atoms with van der Waals surface area (Å²) in [5, 5.41) is 39.8. The lowest BCUT2D eigenvalue weighted by Crippen LogP contribution is -2.41. The highest BCUT2D eigenvalue weighted by atomic mass is 16.6. The minimum absolute atomic E-state index is 0.0676. The maximum absolute atomic E-state index is 13.9. The van der Waals surface area contributed by atoms with Gasteiger partial charge in [-0.05, 0) is 71.5 Å². The maximum atomic E-state index is 13.9. The van der Waals surface area contributed by atoms with Gasteiger partial charge in [0.05, 0.1) is 18.2 Å². The molecule has 0 aliphatic carbocycles. The molecule has 1 unspecified atom stereocenters. The first-order valence-corrected chi connectivity index (χ1v) is 19.8. The van der Waals surface area contributed by atoms with Gasteiger partial charge in [-0.15, -0.1) is 0 Å². The molecular weight excluding hydrogens is 749 g/mol. The number of likely N-dealkylation sites (tertiary alicyclic amines) is 1. The minimum Gasteiger partial charge on any atom is -0.506 e. The number of ether oxygens (including phenoxy) is 2. The first kappa shape index (κ1) is 40.9. The summed E-state index contributed by atoms with van der Waals surface area (Å²) in [5.74, 6) is -0.563. The highest BCUT2D eigenvalue weighted by Crippen LogP contribution is 2.34. The number of aliphatic hydroxyl groups is 2. The van der Waals surface area contributed by atoms with E-state index in [2.05, 4.69) is 32.7 Å². The van der Waals surface area contributed by atoms with E-state index in [4.69, 9.17) is 9.47 Å². The van der Waals surface area contributed by atoms with Gasteiger partial charge in [0.2, 0.25) is 11.2 Å². The predicted octanol–water partition coefficient (Wildman–Crippen LogP) is 5.31. The Balaban J connectivity index is 0.872. The molecular formula is C47H48N4O8. The number of rotatable bonds is 17. The number of aromatic amines is 1. The van der Waals surface area contributed by atoms with Crippen molar-refractivity contribution in [1.29, 1.82) is 0 Å². The van der Waals surface area contributed by atoms with Crippen LogP contribution in [0.5, 0.6) is 11.5 Å². The number of phenols is 1. The van der Waals surface area contributed by atoms with E-state index in [0.29, 0.717) is 65.9 Å². The lowest BCUT2D eigenvalue weighted by Gasteiger charge is -2.29. The van der Waals surface area contributed by atoms with Crippen LogP contribution >= 0.6 is 0 Å². The number of fused-ring (bicyclic) bond motifs is 1. The van der Waals surface area contributed by atoms with E-state index in [0.717, 1.165) is 18.7 Å². The molecule has 1 aliphatic rings. The molecule has 0 bridgehead atoms. The van der Waals surface area contributed by atoms with Crippen molar-refractivity contribution in [3.05, 3.63) is 177 Å². The molecule has 1 aliphatic heterocycles. The summed E-state index contributed by atoms with van der Waals surface area (Å²) in [6.07, 6.45) is -0.0551. The quantitative estimate of drug-likeness (QED) is 0.0525. The van der Waals surface area contributed by atoms with Gasteiger partial charge in [-0.2, -0.15) is 0 Å². The normalized spacial score (nSPS) is 15.7. The van der Waals surface area contributed by atoms with Crippen LogP contribution in [-0.2, 0) is 28.2 Å². The summed E-state index contributed by atoms with van der Waals surface area (Å²) in [4.78, 5) is 43.3. The highest BCUT2D eigenvalue weighted by Gasteiger charge is 2.43. The van der Waals surface area contributed by atoms with Crippen molar-refractivity contribution in [1.82, 2.24) is 20.5 Å².